The van der Waals surface area contributed by atoms with Gasteiger partial charge in [-0.25, -0.2) is 8.78 Å². The minimum Gasteiger partial charge on any atom is -0.454 e. The Bertz CT molecular complexity index is 726. The summed E-state index contributed by atoms with van der Waals surface area (Å²) in [7, 11) is 0. The first-order chi connectivity index (χ1) is 11.5. The molecule has 3 rings (SSSR count). The zero-order chi connectivity index (χ0) is 17.1. The summed E-state index contributed by atoms with van der Waals surface area (Å²) >= 11 is 0. The molecule has 6 heteroatoms. The van der Waals surface area contributed by atoms with Gasteiger partial charge in [-0.2, -0.15) is 0 Å². The molecule has 0 bridgehead atoms. The Kier molecular flexibility index (Phi) is 4.76. The average Bonchev–Trinajstić information content (AvgIpc) is 2.58. The molecule has 4 nitrogen and oxygen atoms in total. The summed E-state index contributed by atoms with van der Waals surface area (Å²) in [6, 6.07) is 9.71. The maximum atomic E-state index is 13.6. The first-order valence-corrected chi connectivity index (χ1v) is 7.81. The third-order valence-corrected chi connectivity index (χ3v) is 4.05. The van der Waals surface area contributed by atoms with Crippen LogP contribution in [-0.4, -0.2) is 29.9 Å². The van der Waals surface area contributed by atoms with Crippen LogP contribution in [0.5, 0.6) is 11.5 Å². The Morgan fingerprint density at radius 2 is 1.75 bits per heavy atom. The van der Waals surface area contributed by atoms with Gasteiger partial charge in [-0.1, -0.05) is 0 Å². The van der Waals surface area contributed by atoms with E-state index >= 15 is 0 Å². The van der Waals surface area contributed by atoms with Crippen LogP contribution in [0.15, 0.2) is 42.5 Å². The molecule has 2 aromatic carbocycles. The van der Waals surface area contributed by atoms with E-state index in [1.165, 1.54) is 6.07 Å². The summed E-state index contributed by atoms with van der Waals surface area (Å²) in [5.41, 5.74) is 6.38. The Hall–Kier alpha value is -2.47. The zero-order valence-electron chi connectivity index (χ0n) is 13.0. The number of nitrogens with two attached hydrogens (primary N) is 1. The van der Waals surface area contributed by atoms with Crippen LogP contribution in [0.1, 0.15) is 23.2 Å². The predicted molar refractivity (Wildman–Crippen MR) is 86.0 cm³/mol. The third kappa shape index (κ3) is 3.71. The number of carbonyl (C=O) groups is 1. The summed E-state index contributed by atoms with van der Waals surface area (Å²) in [6.07, 6.45) is 1.60. The van der Waals surface area contributed by atoms with Crippen molar-refractivity contribution in [2.24, 2.45) is 5.73 Å². The summed E-state index contributed by atoms with van der Waals surface area (Å²) in [5.74, 6) is -1.19. The molecule has 0 atom stereocenters. The van der Waals surface area contributed by atoms with Crippen molar-refractivity contribution < 1.29 is 18.3 Å². The van der Waals surface area contributed by atoms with Crippen LogP contribution in [-0.2, 0) is 0 Å². The Balaban J connectivity index is 1.68. The van der Waals surface area contributed by atoms with Crippen molar-refractivity contribution in [2.75, 3.05) is 13.1 Å². The van der Waals surface area contributed by atoms with Gasteiger partial charge < -0.3 is 15.4 Å². The molecule has 1 aliphatic rings. The van der Waals surface area contributed by atoms with Gasteiger partial charge in [0.1, 0.15) is 11.6 Å². The second-order valence-corrected chi connectivity index (χ2v) is 5.83. The van der Waals surface area contributed by atoms with E-state index in [2.05, 4.69) is 0 Å². The molecule has 0 aliphatic carbocycles. The van der Waals surface area contributed by atoms with E-state index in [4.69, 9.17) is 10.5 Å². The van der Waals surface area contributed by atoms with Gasteiger partial charge in [-0.05, 0) is 49.2 Å². The highest BCUT2D eigenvalue weighted by Gasteiger charge is 2.21. The first kappa shape index (κ1) is 16.4. The molecule has 1 heterocycles. The highest BCUT2D eigenvalue weighted by Crippen LogP contribution is 2.25. The van der Waals surface area contributed by atoms with Gasteiger partial charge >= 0.3 is 0 Å². The number of likely N-dealkylation sites (tertiary alicyclic amines) is 1. The monoisotopic (exact) mass is 332 g/mol. The van der Waals surface area contributed by atoms with E-state index in [1.54, 1.807) is 29.2 Å². The number of benzene rings is 2. The third-order valence-electron chi connectivity index (χ3n) is 4.05. The van der Waals surface area contributed by atoms with E-state index < -0.39 is 11.6 Å². The molecule has 0 aromatic heterocycles. The molecule has 0 unspecified atom stereocenters. The molecule has 1 saturated heterocycles. The summed E-state index contributed by atoms with van der Waals surface area (Å²) in [4.78, 5) is 14.2. The van der Waals surface area contributed by atoms with E-state index in [0.717, 1.165) is 25.0 Å². The largest absolute Gasteiger partial charge is 0.454 e. The molecule has 2 N–H and O–H groups in total. The molecule has 0 radical (unpaired) electrons. The van der Waals surface area contributed by atoms with Crippen molar-refractivity contribution >= 4 is 5.91 Å². The maximum absolute atomic E-state index is 13.6. The van der Waals surface area contributed by atoms with Gasteiger partial charge in [-0.15, -0.1) is 0 Å². The van der Waals surface area contributed by atoms with E-state index in [1.807, 2.05) is 0 Å². The lowest BCUT2D eigenvalue weighted by Gasteiger charge is -2.30. The van der Waals surface area contributed by atoms with Gasteiger partial charge in [0.2, 0.25) is 0 Å². The van der Waals surface area contributed by atoms with Gasteiger partial charge in [-0.3, -0.25) is 4.79 Å². The van der Waals surface area contributed by atoms with Crippen molar-refractivity contribution in [1.82, 2.24) is 4.90 Å². The SMILES string of the molecule is NC1CCN(C(=O)c2ccc(Oc3ccc(F)cc3F)cc2)CC1. The molecular formula is C18H18F2N2O2. The van der Waals surface area contributed by atoms with Crippen molar-refractivity contribution in [2.45, 2.75) is 18.9 Å². The minimum atomic E-state index is -0.778. The molecule has 126 valence electrons. The molecule has 0 spiro atoms. The number of carbonyl (C=O) groups excluding carboxylic acids is 1. The fourth-order valence-electron chi connectivity index (χ4n) is 2.64. The maximum Gasteiger partial charge on any atom is 0.253 e. The average molecular weight is 332 g/mol. The Morgan fingerprint density at radius 3 is 2.38 bits per heavy atom. The lowest BCUT2D eigenvalue weighted by molar-refractivity contribution is 0.0714. The number of hydrogen-bond donors (Lipinski definition) is 1. The van der Waals surface area contributed by atoms with Crippen LogP contribution in [0, 0.1) is 11.6 Å². The summed E-state index contributed by atoms with van der Waals surface area (Å²) in [5, 5.41) is 0. The molecular weight excluding hydrogens is 314 g/mol. The molecule has 24 heavy (non-hydrogen) atoms. The normalized spacial score (nSPS) is 15.4. The van der Waals surface area contributed by atoms with Crippen LogP contribution >= 0.6 is 0 Å². The predicted octanol–water partition coefficient (Wildman–Crippen LogP) is 3.32. The second kappa shape index (κ2) is 6.97. The smallest absolute Gasteiger partial charge is 0.253 e. The topological polar surface area (TPSA) is 55.6 Å². The van der Waals surface area contributed by atoms with Crippen molar-refractivity contribution in [3.05, 3.63) is 59.7 Å². The van der Waals surface area contributed by atoms with E-state index in [0.29, 0.717) is 24.4 Å². The van der Waals surface area contributed by atoms with Crippen LogP contribution in [0.2, 0.25) is 0 Å². The molecule has 1 aliphatic heterocycles. The molecule has 0 saturated carbocycles. The second-order valence-electron chi connectivity index (χ2n) is 5.83. The molecule has 1 fully saturated rings. The van der Waals surface area contributed by atoms with Gasteiger partial charge in [0, 0.05) is 30.8 Å². The van der Waals surface area contributed by atoms with Crippen molar-refractivity contribution in [1.29, 1.82) is 0 Å². The number of piperidine rings is 1. The number of ether oxygens (including phenoxy) is 1. The van der Waals surface area contributed by atoms with Gasteiger partial charge in [0.05, 0.1) is 0 Å². The lowest BCUT2D eigenvalue weighted by Crippen LogP contribution is -2.42. The summed E-state index contributed by atoms with van der Waals surface area (Å²) < 4.78 is 31.8. The molecule has 2 aromatic rings. The fourth-order valence-corrected chi connectivity index (χ4v) is 2.64. The van der Waals surface area contributed by atoms with Crippen LogP contribution in [0.4, 0.5) is 8.78 Å². The highest BCUT2D eigenvalue weighted by atomic mass is 19.1. The standard InChI is InChI=1S/C18H18F2N2O2/c19-13-3-6-17(16(20)11-13)24-15-4-1-12(2-5-15)18(23)22-9-7-14(21)8-10-22/h1-6,11,14H,7-10,21H2. The summed E-state index contributed by atoms with van der Waals surface area (Å²) in [6.45, 7) is 1.30. The van der Waals surface area contributed by atoms with Gasteiger partial charge in [0.25, 0.3) is 5.91 Å². The van der Waals surface area contributed by atoms with Crippen molar-refractivity contribution in [3.63, 3.8) is 0 Å². The van der Waals surface area contributed by atoms with E-state index in [-0.39, 0.29) is 17.7 Å². The van der Waals surface area contributed by atoms with E-state index in [9.17, 15) is 13.6 Å². The molecule has 1 amide bonds. The number of rotatable bonds is 3. The fraction of sp³-hybridized carbons (Fsp3) is 0.278. The Labute approximate surface area is 138 Å². The van der Waals surface area contributed by atoms with Crippen LogP contribution < -0.4 is 10.5 Å². The van der Waals surface area contributed by atoms with Crippen LogP contribution in [0.3, 0.4) is 0 Å². The first-order valence-electron chi connectivity index (χ1n) is 7.81. The quantitative estimate of drug-likeness (QED) is 0.938. The van der Waals surface area contributed by atoms with Crippen LogP contribution in [0.25, 0.3) is 0 Å². The highest BCUT2D eigenvalue weighted by molar-refractivity contribution is 5.94. The minimum absolute atomic E-state index is 0.0542. The number of halogens is 2. The zero-order valence-corrected chi connectivity index (χ0v) is 13.0. The lowest BCUT2D eigenvalue weighted by atomic mass is 10.0. The Morgan fingerprint density at radius 1 is 1.08 bits per heavy atom. The number of amides is 1. The number of hydrogen-bond acceptors (Lipinski definition) is 3. The number of nitrogens with zero attached hydrogens (tertiary/aromatic N) is 1. The van der Waals surface area contributed by atoms with Crippen molar-refractivity contribution in [3.8, 4) is 11.5 Å². The van der Waals surface area contributed by atoms with Gasteiger partial charge in [0.15, 0.2) is 11.6 Å².